The molecule has 0 atom stereocenters. The van der Waals surface area contributed by atoms with Gasteiger partial charge in [-0.2, -0.15) is 0 Å². The van der Waals surface area contributed by atoms with Crippen LogP contribution in [-0.4, -0.2) is 67.7 Å². The Balaban J connectivity index is 1.81. The quantitative estimate of drug-likeness (QED) is 0.858. The summed E-state index contributed by atoms with van der Waals surface area (Å²) >= 11 is 0. The number of hydrogen-bond acceptors (Lipinski definition) is 5. The van der Waals surface area contributed by atoms with Crippen molar-refractivity contribution in [1.29, 1.82) is 0 Å². The molecule has 1 saturated heterocycles. The third-order valence-electron chi connectivity index (χ3n) is 3.78. The van der Waals surface area contributed by atoms with Gasteiger partial charge in [-0.3, -0.25) is 4.79 Å². The van der Waals surface area contributed by atoms with Gasteiger partial charge in [-0.15, -0.1) is 0 Å². The van der Waals surface area contributed by atoms with Crippen LogP contribution in [0.5, 0.6) is 5.75 Å². The number of rotatable bonds is 6. The highest BCUT2D eigenvalue weighted by atomic mass is 16.6. The van der Waals surface area contributed by atoms with E-state index in [1.54, 1.807) is 16.7 Å². The number of carbonyl (C=O) groups is 2. The van der Waals surface area contributed by atoms with Crippen molar-refractivity contribution in [2.45, 2.75) is 13.8 Å². The van der Waals surface area contributed by atoms with Gasteiger partial charge in [-0.1, -0.05) is 12.1 Å². The Kier molecular flexibility index (Phi) is 6.72. The third kappa shape index (κ3) is 4.78. The van der Waals surface area contributed by atoms with Gasteiger partial charge in [0.1, 0.15) is 5.75 Å². The van der Waals surface area contributed by atoms with Crippen molar-refractivity contribution in [2.24, 2.45) is 0 Å². The fourth-order valence-electron chi connectivity index (χ4n) is 2.53. The summed E-state index contributed by atoms with van der Waals surface area (Å²) in [4.78, 5) is 27.4. The van der Waals surface area contributed by atoms with E-state index in [2.05, 4.69) is 5.32 Å². The summed E-state index contributed by atoms with van der Waals surface area (Å²) in [5, 5.41) is 3.13. The molecule has 2 rings (SSSR count). The van der Waals surface area contributed by atoms with Crippen molar-refractivity contribution in [3.8, 4) is 5.75 Å². The summed E-state index contributed by atoms with van der Waals surface area (Å²) < 4.78 is 10.5. The highest BCUT2D eigenvalue weighted by Crippen LogP contribution is 2.23. The molecular weight excluding hydrogens is 310 g/mol. The maximum Gasteiger partial charge on any atom is 0.409 e. The summed E-state index contributed by atoms with van der Waals surface area (Å²) in [7, 11) is 0. The van der Waals surface area contributed by atoms with Crippen molar-refractivity contribution < 1.29 is 19.1 Å². The lowest BCUT2D eigenvalue weighted by Crippen LogP contribution is -2.51. The number of nitrogens with one attached hydrogen (secondary N) is 1. The molecule has 1 fully saturated rings. The minimum atomic E-state index is -0.312. The summed E-state index contributed by atoms with van der Waals surface area (Å²) in [6.07, 6.45) is -0.312. The largest absolute Gasteiger partial charge is 0.492 e. The van der Waals surface area contributed by atoms with Crippen LogP contribution in [0.1, 0.15) is 13.8 Å². The molecular formula is C17H25N3O4. The maximum atomic E-state index is 12.3. The van der Waals surface area contributed by atoms with Crippen LogP contribution in [-0.2, 0) is 9.53 Å². The Morgan fingerprint density at radius 1 is 1.04 bits per heavy atom. The summed E-state index contributed by atoms with van der Waals surface area (Å²) in [5.74, 6) is 0.741. The third-order valence-corrected chi connectivity index (χ3v) is 3.78. The maximum absolute atomic E-state index is 12.3. The topological polar surface area (TPSA) is 71.1 Å². The molecule has 1 aromatic carbocycles. The molecule has 0 radical (unpaired) electrons. The van der Waals surface area contributed by atoms with E-state index < -0.39 is 0 Å². The SMILES string of the molecule is CCOC(=O)N1CCN(C(=O)CNc2ccccc2OCC)CC1. The van der Waals surface area contributed by atoms with Gasteiger partial charge in [-0.05, 0) is 26.0 Å². The van der Waals surface area contributed by atoms with E-state index in [-0.39, 0.29) is 18.5 Å². The van der Waals surface area contributed by atoms with Gasteiger partial charge in [0.05, 0.1) is 25.4 Å². The fourth-order valence-corrected chi connectivity index (χ4v) is 2.53. The molecule has 1 N–H and O–H groups in total. The zero-order valence-corrected chi connectivity index (χ0v) is 14.3. The lowest BCUT2D eigenvalue weighted by molar-refractivity contribution is -0.130. The molecule has 1 aliphatic rings. The average Bonchev–Trinajstić information content (AvgIpc) is 2.61. The molecule has 0 bridgehead atoms. The number of carbonyl (C=O) groups excluding carboxylic acids is 2. The molecule has 7 heteroatoms. The second-order valence-electron chi connectivity index (χ2n) is 5.35. The molecule has 1 aliphatic heterocycles. The number of benzene rings is 1. The van der Waals surface area contributed by atoms with E-state index in [9.17, 15) is 9.59 Å². The molecule has 0 spiro atoms. The van der Waals surface area contributed by atoms with Gasteiger partial charge in [0, 0.05) is 26.2 Å². The predicted octanol–water partition coefficient (Wildman–Crippen LogP) is 1.80. The zero-order valence-electron chi connectivity index (χ0n) is 14.3. The van der Waals surface area contributed by atoms with E-state index >= 15 is 0 Å². The van der Waals surface area contributed by atoms with Crippen molar-refractivity contribution in [2.75, 3.05) is 51.3 Å². The van der Waals surface area contributed by atoms with Gasteiger partial charge in [0.25, 0.3) is 0 Å². The van der Waals surface area contributed by atoms with Gasteiger partial charge >= 0.3 is 6.09 Å². The van der Waals surface area contributed by atoms with E-state index in [0.29, 0.717) is 39.4 Å². The molecule has 1 aromatic rings. The van der Waals surface area contributed by atoms with Crippen molar-refractivity contribution >= 4 is 17.7 Å². The molecule has 0 saturated carbocycles. The Hall–Kier alpha value is -2.44. The molecule has 24 heavy (non-hydrogen) atoms. The Morgan fingerprint density at radius 2 is 1.71 bits per heavy atom. The van der Waals surface area contributed by atoms with E-state index in [0.717, 1.165) is 11.4 Å². The van der Waals surface area contributed by atoms with Crippen LogP contribution in [0.15, 0.2) is 24.3 Å². The first kappa shape index (κ1) is 17.9. The summed E-state index contributed by atoms with van der Waals surface area (Å²) in [6.45, 7) is 6.88. The van der Waals surface area contributed by atoms with E-state index in [1.165, 1.54) is 0 Å². The average molecular weight is 335 g/mol. The Morgan fingerprint density at radius 3 is 2.38 bits per heavy atom. The summed E-state index contributed by atoms with van der Waals surface area (Å²) in [5.41, 5.74) is 0.804. The highest BCUT2D eigenvalue weighted by molar-refractivity contribution is 5.81. The second kappa shape index (κ2) is 9.00. The Labute approximate surface area is 142 Å². The van der Waals surface area contributed by atoms with Crippen LogP contribution in [0.25, 0.3) is 0 Å². The van der Waals surface area contributed by atoms with E-state index in [1.807, 2.05) is 31.2 Å². The van der Waals surface area contributed by atoms with Crippen molar-refractivity contribution in [3.05, 3.63) is 24.3 Å². The monoisotopic (exact) mass is 335 g/mol. The van der Waals surface area contributed by atoms with Gasteiger partial charge < -0.3 is 24.6 Å². The van der Waals surface area contributed by atoms with Gasteiger partial charge in [0.2, 0.25) is 5.91 Å². The normalized spacial score (nSPS) is 14.2. The molecule has 1 heterocycles. The zero-order chi connectivity index (χ0) is 17.4. The lowest BCUT2D eigenvalue weighted by atomic mass is 10.3. The number of anilines is 1. The first-order valence-corrected chi connectivity index (χ1v) is 8.30. The number of piperazine rings is 1. The van der Waals surface area contributed by atoms with Crippen LogP contribution in [0.2, 0.25) is 0 Å². The van der Waals surface area contributed by atoms with E-state index in [4.69, 9.17) is 9.47 Å². The highest BCUT2D eigenvalue weighted by Gasteiger charge is 2.24. The first-order valence-electron chi connectivity index (χ1n) is 8.30. The number of nitrogens with zero attached hydrogens (tertiary/aromatic N) is 2. The standard InChI is InChI=1S/C17H25N3O4/c1-3-23-15-8-6-5-7-14(15)18-13-16(21)19-9-11-20(12-10-19)17(22)24-4-2/h5-8,18H,3-4,9-13H2,1-2H3. The lowest BCUT2D eigenvalue weighted by Gasteiger charge is -2.34. The summed E-state index contributed by atoms with van der Waals surface area (Å²) in [6, 6.07) is 7.55. The fraction of sp³-hybridized carbons (Fsp3) is 0.529. The number of amides is 2. The molecule has 0 aliphatic carbocycles. The molecule has 0 unspecified atom stereocenters. The van der Waals surface area contributed by atoms with Gasteiger partial charge in [0.15, 0.2) is 0 Å². The Bertz CT molecular complexity index is 557. The minimum absolute atomic E-state index is 0.00445. The van der Waals surface area contributed by atoms with Crippen molar-refractivity contribution in [1.82, 2.24) is 9.80 Å². The van der Waals surface area contributed by atoms with Gasteiger partial charge in [-0.25, -0.2) is 4.79 Å². The molecule has 2 amide bonds. The minimum Gasteiger partial charge on any atom is -0.492 e. The van der Waals surface area contributed by atoms with Crippen LogP contribution in [0, 0.1) is 0 Å². The number of ether oxygens (including phenoxy) is 2. The van der Waals surface area contributed by atoms with Crippen LogP contribution >= 0.6 is 0 Å². The molecule has 0 aromatic heterocycles. The second-order valence-corrected chi connectivity index (χ2v) is 5.35. The molecule has 132 valence electrons. The van der Waals surface area contributed by atoms with Crippen LogP contribution in [0.3, 0.4) is 0 Å². The predicted molar refractivity (Wildman–Crippen MR) is 91.3 cm³/mol. The number of hydrogen-bond donors (Lipinski definition) is 1. The molecule has 7 nitrogen and oxygen atoms in total. The number of para-hydroxylation sites is 2. The van der Waals surface area contributed by atoms with Crippen LogP contribution in [0.4, 0.5) is 10.5 Å². The van der Waals surface area contributed by atoms with Crippen molar-refractivity contribution in [3.63, 3.8) is 0 Å². The van der Waals surface area contributed by atoms with Crippen LogP contribution < -0.4 is 10.1 Å². The first-order chi connectivity index (χ1) is 11.7. The smallest absolute Gasteiger partial charge is 0.409 e.